The molecule has 6 nitrogen and oxygen atoms in total. The van der Waals surface area contributed by atoms with Crippen LogP contribution >= 0.6 is 0 Å². The quantitative estimate of drug-likeness (QED) is 0.746. The lowest BCUT2D eigenvalue weighted by atomic mass is 10.1. The first-order chi connectivity index (χ1) is 13.5. The number of hydrogen-bond acceptors (Lipinski definition) is 4. The molecule has 0 atom stereocenters. The molecule has 0 radical (unpaired) electrons. The number of nitrogens with zero attached hydrogens (tertiary/aromatic N) is 2. The van der Waals surface area contributed by atoms with Crippen LogP contribution in [0.25, 0.3) is 0 Å². The van der Waals surface area contributed by atoms with Crippen LogP contribution in [0.4, 0.5) is 11.4 Å². The van der Waals surface area contributed by atoms with Gasteiger partial charge in [0, 0.05) is 32.1 Å². The third kappa shape index (κ3) is 4.51. The summed E-state index contributed by atoms with van der Waals surface area (Å²) < 4.78 is 27.8. The first kappa shape index (κ1) is 21.1. The summed E-state index contributed by atoms with van der Waals surface area (Å²) in [5.74, 6) is 0.0466. The van der Waals surface area contributed by atoms with Gasteiger partial charge in [0.15, 0.2) is 0 Å². The molecule has 0 bridgehead atoms. The Morgan fingerprint density at radius 3 is 2.32 bits per heavy atom. The van der Waals surface area contributed by atoms with Crippen LogP contribution in [0, 0.1) is 5.92 Å². The minimum absolute atomic E-state index is 0.0124. The van der Waals surface area contributed by atoms with E-state index in [0.717, 1.165) is 63.7 Å². The molecule has 1 heterocycles. The monoisotopic (exact) mass is 407 g/mol. The Morgan fingerprint density at radius 2 is 1.71 bits per heavy atom. The lowest BCUT2D eigenvalue weighted by Gasteiger charge is -2.28. The molecular formula is C21H33N3O3S. The fourth-order valence-electron chi connectivity index (χ4n) is 4.29. The highest BCUT2D eigenvalue weighted by Crippen LogP contribution is 2.33. The average Bonchev–Trinajstić information content (AvgIpc) is 3.25. The van der Waals surface area contributed by atoms with Crippen molar-refractivity contribution in [3.63, 3.8) is 0 Å². The molecule has 2 fully saturated rings. The van der Waals surface area contributed by atoms with E-state index in [9.17, 15) is 13.2 Å². The van der Waals surface area contributed by atoms with Gasteiger partial charge in [-0.3, -0.25) is 4.79 Å². The maximum absolute atomic E-state index is 13.1. The van der Waals surface area contributed by atoms with Gasteiger partial charge in [0.05, 0.1) is 16.3 Å². The van der Waals surface area contributed by atoms with Crippen LogP contribution in [0.2, 0.25) is 0 Å². The van der Waals surface area contributed by atoms with Gasteiger partial charge in [0.2, 0.25) is 15.9 Å². The van der Waals surface area contributed by atoms with Crippen molar-refractivity contribution >= 4 is 27.3 Å². The van der Waals surface area contributed by atoms with E-state index >= 15 is 0 Å². The van der Waals surface area contributed by atoms with Gasteiger partial charge in [0.25, 0.3) is 0 Å². The van der Waals surface area contributed by atoms with E-state index in [1.54, 1.807) is 16.4 Å². The number of nitrogens with one attached hydrogen (secondary N) is 1. The first-order valence-electron chi connectivity index (χ1n) is 10.7. The van der Waals surface area contributed by atoms with E-state index in [0.29, 0.717) is 18.8 Å². The molecule has 1 N–H and O–H groups in total. The predicted molar refractivity (Wildman–Crippen MR) is 113 cm³/mol. The summed E-state index contributed by atoms with van der Waals surface area (Å²) in [6.07, 6.45) is 6.89. The highest BCUT2D eigenvalue weighted by molar-refractivity contribution is 7.89. The van der Waals surface area contributed by atoms with E-state index in [2.05, 4.69) is 24.1 Å². The van der Waals surface area contributed by atoms with E-state index in [1.165, 1.54) is 0 Å². The molecule has 28 heavy (non-hydrogen) atoms. The Kier molecular flexibility index (Phi) is 6.99. The lowest BCUT2D eigenvalue weighted by Crippen LogP contribution is -2.35. The van der Waals surface area contributed by atoms with Crippen molar-refractivity contribution in [1.82, 2.24) is 4.31 Å². The zero-order valence-corrected chi connectivity index (χ0v) is 17.9. The number of carbonyl (C=O) groups excluding carboxylic acids is 1. The van der Waals surface area contributed by atoms with E-state index in [-0.39, 0.29) is 16.7 Å². The molecule has 2 aliphatic rings. The molecule has 0 aromatic heterocycles. The smallest absolute Gasteiger partial charge is 0.243 e. The van der Waals surface area contributed by atoms with Crippen LogP contribution in [0.3, 0.4) is 0 Å². The number of carbonyl (C=O) groups is 1. The highest BCUT2D eigenvalue weighted by Gasteiger charge is 2.28. The molecule has 1 aromatic carbocycles. The van der Waals surface area contributed by atoms with Crippen molar-refractivity contribution in [2.75, 3.05) is 36.4 Å². The Bertz CT molecular complexity index is 778. The molecule has 1 saturated heterocycles. The summed E-state index contributed by atoms with van der Waals surface area (Å²) in [4.78, 5) is 15.2. The second-order valence-corrected chi connectivity index (χ2v) is 9.72. The molecule has 1 aromatic rings. The summed E-state index contributed by atoms with van der Waals surface area (Å²) in [6.45, 7) is 6.85. The summed E-state index contributed by atoms with van der Waals surface area (Å²) in [5.41, 5.74) is 1.49. The first-order valence-corrected chi connectivity index (χ1v) is 12.1. The normalized spacial score (nSPS) is 18.9. The minimum Gasteiger partial charge on any atom is -0.370 e. The molecule has 0 unspecified atom stereocenters. The van der Waals surface area contributed by atoms with Crippen LogP contribution in [0.1, 0.15) is 58.8 Å². The van der Waals surface area contributed by atoms with Crippen molar-refractivity contribution in [3.8, 4) is 0 Å². The van der Waals surface area contributed by atoms with Gasteiger partial charge in [-0.15, -0.1) is 0 Å². The van der Waals surface area contributed by atoms with Crippen LogP contribution in [-0.2, 0) is 14.8 Å². The Hall–Kier alpha value is -1.60. The number of benzene rings is 1. The summed E-state index contributed by atoms with van der Waals surface area (Å²) in [5, 5.41) is 3.05. The molecule has 156 valence electrons. The van der Waals surface area contributed by atoms with Gasteiger partial charge in [-0.05, 0) is 57.7 Å². The number of amides is 1. The van der Waals surface area contributed by atoms with Gasteiger partial charge in [0.1, 0.15) is 0 Å². The third-order valence-electron chi connectivity index (χ3n) is 6.01. The predicted octanol–water partition coefficient (Wildman–Crippen LogP) is 3.84. The summed E-state index contributed by atoms with van der Waals surface area (Å²) in [6, 6.07) is 5.18. The molecule has 3 rings (SSSR count). The molecule has 1 aliphatic heterocycles. The zero-order chi connectivity index (χ0) is 20.1. The number of piperidine rings is 1. The van der Waals surface area contributed by atoms with Crippen LogP contribution < -0.4 is 10.2 Å². The summed E-state index contributed by atoms with van der Waals surface area (Å²) in [7, 11) is -3.53. The highest BCUT2D eigenvalue weighted by atomic mass is 32.2. The van der Waals surface area contributed by atoms with Crippen molar-refractivity contribution < 1.29 is 13.2 Å². The largest absolute Gasteiger partial charge is 0.370 e. The average molecular weight is 408 g/mol. The fourth-order valence-corrected chi connectivity index (χ4v) is 5.84. The van der Waals surface area contributed by atoms with Crippen LogP contribution in [-0.4, -0.2) is 44.8 Å². The van der Waals surface area contributed by atoms with Crippen LogP contribution in [0.5, 0.6) is 0 Å². The molecular weight excluding hydrogens is 374 g/mol. The summed E-state index contributed by atoms with van der Waals surface area (Å²) >= 11 is 0. The van der Waals surface area contributed by atoms with Gasteiger partial charge >= 0.3 is 0 Å². The second-order valence-electron chi connectivity index (χ2n) is 7.79. The van der Waals surface area contributed by atoms with Gasteiger partial charge < -0.3 is 10.2 Å². The lowest BCUT2D eigenvalue weighted by molar-refractivity contribution is -0.119. The van der Waals surface area contributed by atoms with Gasteiger partial charge in [-0.1, -0.05) is 19.3 Å². The third-order valence-corrected chi connectivity index (χ3v) is 7.90. The van der Waals surface area contributed by atoms with Crippen molar-refractivity contribution in [1.29, 1.82) is 0 Å². The number of rotatable bonds is 7. The Balaban J connectivity index is 1.93. The zero-order valence-electron chi connectivity index (χ0n) is 17.1. The number of anilines is 2. The van der Waals surface area contributed by atoms with Gasteiger partial charge in [-0.25, -0.2) is 8.42 Å². The minimum atomic E-state index is -3.53. The van der Waals surface area contributed by atoms with Crippen molar-refractivity contribution in [2.45, 2.75) is 63.7 Å². The molecule has 0 spiro atoms. The van der Waals surface area contributed by atoms with Crippen LogP contribution in [0.15, 0.2) is 23.1 Å². The second kappa shape index (κ2) is 9.27. The van der Waals surface area contributed by atoms with Crippen molar-refractivity contribution in [2.24, 2.45) is 5.92 Å². The molecule has 1 aliphatic carbocycles. The topological polar surface area (TPSA) is 69.7 Å². The molecule has 7 heteroatoms. The molecule has 1 saturated carbocycles. The van der Waals surface area contributed by atoms with E-state index in [4.69, 9.17) is 0 Å². The maximum Gasteiger partial charge on any atom is 0.243 e. The number of hydrogen-bond donors (Lipinski definition) is 1. The van der Waals surface area contributed by atoms with E-state index in [1.807, 2.05) is 6.07 Å². The Labute approximate surface area is 169 Å². The maximum atomic E-state index is 13.1. The molecule has 1 amide bonds. The SMILES string of the molecule is CCN(CC)c1ccc(S(=O)(=O)N2CCCCC2)cc1NC(=O)C1CCCC1. The van der Waals surface area contributed by atoms with E-state index < -0.39 is 10.0 Å². The standard InChI is InChI=1S/C21H33N3O3S/c1-3-23(4-2)20-13-12-18(28(26,27)24-14-8-5-9-15-24)16-19(20)22-21(25)17-10-6-7-11-17/h12-13,16-17H,3-11,14-15H2,1-2H3,(H,22,25). The van der Waals surface area contributed by atoms with Gasteiger partial charge in [-0.2, -0.15) is 4.31 Å². The van der Waals surface area contributed by atoms with Crippen molar-refractivity contribution in [3.05, 3.63) is 18.2 Å². The fraction of sp³-hybridized carbons (Fsp3) is 0.667. The Morgan fingerprint density at radius 1 is 1.07 bits per heavy atom. The number of sulfonamides is 1.